The molecule has 0 amide bonds. The van der Waals surface area contributed by atoms with Crippen LogP contribution in [-0.2, 0) is 0 Å². The summed E-state index contributed by atoms with van der Waals surface area (Å²) in [6, 6.07) is 0. The number of aliphatic hydroxyl groups is 1. The SMILES string of the molecule is CCC1CCC(S)C(O)C1. The molecule has 1 rings (SSSR count). The Morgan fingerprint density at radius 2 is 2.20 bits per heavy atom. The van der Waals surface area contributed by atoms with Gasteiger partial charge in [-0.05, 0) is 25.2 Å². The molecular formula is C8H16OS. The summed E-state index contributed by atoms with van der Waals surface area (Å²) in [5.41, 5.74) is 0. The lowest BCUT2D eigenvalue weighted by Crippen LogP contribution is -2.29. The van der Waals surface area contributed by atoms with E-state index >= 15 is 0 Å². The highest BCUT2D eigenvalue weighted by atomic mass is 32.1. The lowest BCUT2D eigenvalue weighted by atomic mass is 9.85. The van der Waals surface area contributed by atoms with Crippen LogP contribution in [0.25, 0.3) is 0 Å². The molecule has 2 heteroatoms. The Morgan fingerprint density at radius 3 is 2.70 bits per heavy atom. The Kier molecular flexibility index (Phi) is 3.05. The van der Waals surface area contributed by atoms with E-state index in [-0.39, 0.29) is 11.4 Å². The maximum atomic E-state index is 9.40. The van der Waals surface area contributed by atoms with Gasteiger partial charge in [0.15, 0.2) is 0 Å². The van der Waals surface area contributed by atoms with Crippen molar-refractivity contribution in [1.29, 1.82) is 0 Å². The van der Waals surface area contributed by atoms with Crippen LogP contribution < -0.4 is 0 Å². The standard InChI is InChI=1S/C8H16OS/c1-2-6-3-4-8(10)7(9)5-6/h6-10H,2-5H2,1H3. The Labute approximate surface area is 68.2 Å². The van der Waals surface area contributed by atoms with Crippen molar-refractivity contribution < 1.29 is 5.11 Å². The quantitative estimate of drug-likeness (QED) is 0.561. The van der Waals surface area contributed by atoms with Gasteiger partial charge >= 0.3 is 0 Å². The molecule has 0 aromatic heterocycles. The van der Waals surface area contributed by atoms with E-state index in [1.54, 1.807) is 0 Å². The number of rotatable bonds is 1. The molecule has 10 heavy (non-hydrogen) atoms. The summed E-state index contributed by atoms with van der Waals surface area (Å²) >= 11 is 4.29. The van der Waals surface area contributed by atoms with Crippen molar-refractivity contribution in [1.82, 2.24) is 0 Å². The maximum Gasteiger partial charge on any atom is 0.0658 e. The molecule has 0 spiro atoms. The van der Waals surface area contributed by atoms with Crippen molar-refractivity contribution in [3.63, 3.8) is 0 Å². The van der Waals surface area contributed by atoms with Gasteiger partial charge in [0.05, 0.1) is 6.10 Å². The predicted octanol–water partition coefficient (Wildman–Crippen LogP) is 1.86. The summed E-state index contributed by atoms with van der Waals surface area (Å²) in [4.78, 5) is 0. The van der Waals surface area contributed by atoms with Crippen molar-refractivity contribution in [2.45, 2.75) is 44.0 Å². The first-order valence-corrected chi connectivity index (χ1v) is 4.61. The van der Waals surface area contributed by atoms with Crippen LogP contribution in [0.3, 0.4) is 0 Å². The summed E-state index contributed by atoms with van der Waals surface area (Å²) in [7, 11) is 0. The second kappa shape index (κ2) is 3.63. The van der Waals surface area contributed by atoms with Gasteiger partial charge in [-0.3, -0.25) is 0 Å². The van der Waals surface area contributed by atoms with Crippen molar-refractivity contribution >= 4 is 12.6 Å². The maximum absolute atomic E-state index is 9.40. The summed E-state index contributed by atoms with van der Waals surface area (Å²) in [6.07, 6.45) is 4.36. The first-order valence-electron chi connectivity index (χ1n) is 4.10. The highest BCUT2D eigenvalue weighted by molar-refractivity contribution is 7.81. The molecule has 0 aromatic rings. The Bertz CT molecular complexity index is 105. The zero-order chi connectivity index (χ0) is 7.56. The molecule has 1 nitrogen and oxygen atoms in total. The molecule has 0 bridgehead atoms. The lowest BCUT2D eigenvalue weighted by Gasteiger charge is -2.29. The predicted molar refractivity (Wildman–Crippen MR) is 46.4 cm³/mol. The van der Waals surface area contributed by atoms with E-state index in [1.807, 2.05) is 0 Å². The second-order valence-corrected chi connectivity index (χ2v) is 3.89. The Balaban J connectivity index is 2.33. The third kappa shape index (κ3) is 1.89. The molecule has 0 radical (unpaired) electrons. The fourth-order valence-corrected chi connectivity index (χ4v) is 1.86. The second-order valence-electron chi connectivity index (χ2n) is 3.22. The normalized spacial score (nSPS) is 41.7. The van der Waals surface area contributed by atoms with Gasteiger partial charge in [-0.2, -0.15) is 12.6 Å². The molecule has 1 aliphatic rings. The van der Waals surface area contributed by atoms with Gasteiger partial charge in [-0.1, -0.05) is 13.3 Å². The van der Waals surface area contributed by atoms with Crippen molar-refractivity contribution in [3.05, 3.63) is 0 Å². The van der Waals surface area contributed by atoms with Gasteiger partial charge in [0.1, 0.15) is 0 Å². The van der Waals surface area contributed by atoms with Gasteiger partial charge in [-0.25, -0.2) is 0 Å². The highest BCUT2D eigenvalue weighted by Crippen LogP contribution is 2.29. The molecule has 1 N–H and O–H groups in total. The number of aliphatic hydroxyl groups excluding tert-OH is 1. The molecule has 60 valence electrons. The topological polar surface area (TPSA) is 20.2 Å². The number of thiol groups is 1. The van der Waals surface area contributed by atoms with Crippen LogP contribution in [0.2, 0.25) is 0 Å². The molecule has 1 fully saturated rings. The summed E-state index contributed by atoms with van der Waals surface area (Å²) in [5.74, 6) is 0.749. The van der Waals surface area contributed by atoms with E-state index in [9.17, 15) is 5.11 Å². The summed E-state index contributed by atoms with van der Waals surface area (Å²) < 4.78 is 0. The first-order chi connectivity index (χ1) is 4.74. The van der Waals surface area contributed by atoms with Gasteiger partial charge in [0.25, 0.3) is 0 Å². The van der Waals surface area contributed by atoms with Crippen LogP contribution in [-0.4, -0.2) is 16.5 Å². The minimum atomic E-state index is -0.151. The van der Waals surface area contributed by atoms with E-state index in [0.29, 0.717) is 0 Å². The largest absolute Gasteiger partial charge is 0.392 e. The summed E-state index contributed by atoms with van der Waals surface area (Å²) in [6.45, 7) is 2.19. The van der Waals surface area contributed by atoms with Gasteiger partial charge in [0, 0.05) is 5.25 Å². The average Bonchev–Trinajstić information content (AvgIpc) is 1.95. The molecule has 0 aliphatic heterocycles. The van der Waals surface area contributed by atoms with Crippen LogP contribution in [0.4, 0.5) is 0 Å². The molecule has 0 heterocycles. The highest BCUT2D eigenvalue weighted by Gasteiger charge is 2.25. The Hall–Kier alpha value is 0.310. The van der Waals surface area contributed by atoms with Crippen molar-refractivity contribution in [3.8, 4) is 0 Å². The van der Waals surface area contributed by atoms with Gasteiger partial charge < -0.3 is 5.11 Å². The minimum absolute atomic E-state index is 0.151. The minimum Gasteiger partial charge on any atom is -0.392 e. The van der Waals surface area contributed by atoms with E-state index in [1.165, 1.54) is 12.8 Å². The van der Waals surface area contributed by atoms with Crippen LogP contribution in [0.5, 0.6) is 0 Å². The molecular weight excluding hydrogens is 144 g/mol. The fourth-order valence-electron chi connectivity index (χ4n) is 1.59. The van der Waals surface area contributed by atoms with Crippen molar-refractivity contribution in [2.75, 3.05) is 0 Å². The van der Waals surface area contributed by atoms with Gasteiger partial charge in [0.2, 0.25) is 0 Å². The third-order valence-electron chi connectivity index (χ3n) is 2.47. The zero-order valence-electron chi connectivity index (χ0n) is 6.45. The molecule has 1 aliphatic carbocycles. The van der Waals surface area contributed by atoms with E-state index in [0.717, 1.165) is 18.8 Å². The number of hydrogen-bond donors (Lipinski definition) is 2. The summed E-state index contributed by atoms with van der Waals surface area (Å²) in [5, 5.41) is 9.64. The van der Waals surface area contributed by atoms with Crippen molar-refractivity contribution in [2.24, 2.45) is 5.92 Å². The molecule has 0 aromatic carbocycles. The van der Waals surface area contributed by atoms with Crippen LogP contribution >= 0.6 is 12.6 Å². The third-order valence-corrected chi connectivity index (χ3v) is 3.07. The lowest BCUT2D eigenvalue weighted by molar-refractivity contribution is 0.107. The fraction of sp³-hybridized carbons (Fsp3) is 1.00. The van der Waals surface area contributed by atoms with E-state index in [4.69, 9.17) is 0 Å². The first kappa shape index (κ1) is 8.41. The molecule has 3 unspecified atom stereocenters. The molecule has 0 saturated heterocycles. The molecule has 3 atom stereocenters. The zero-order valence-corrected chi connectivity index (χ0v) is 7.35. The monoisotopic (exact) mass is 160 g/mol. The van der Waals surface area contributed by atoms with Crippen LogP contribution in [0.15, 0.2) is 0 Å². The van der Waals surface area contributed by atoms with E-state index in [2.05, 4.69) is 19.6 Å². The Morgan fingerprint density at radius 1 is 1.50 bits per heavy atom. The van der Waals surface area contributed by atoms with E-state index < -0.39 is 0 Å². The molecule has 1 saturated carbocycles. The van der Waals surface area contributed by atoms with Gasteiger partial charge in [-0.15, -0.1) is 0 Å². The average molecular weight is 160 g/mol. The number of hydrogen-bond acceptors (Lipinski definition) is 2. The van der Waals surface area contributed by atoms with Crippen LogP contribution in [0, 0.1) is 5.92 Å². The van der Waals surface area contributed by atoms with Crippen LogP contribution in [0.1, 0.15) is 32.6 Å². The smallest absolute Gasteiger partial charge is 0.0658 e.